The van der Waals surface area contributed by atoms with Crippen LogP contribution in [0.5, 0.6) is 0 Å². The number of hydrogen-bond acceptors (Lipinski definition) is 4. The smallest absolute Gasteiger partial charge is 0.269 e. The van der Waals surface area contributed by atoms with Crippen molar-refractivity contribution in [3.05, 3.63) is 36.3 Å². The van der Waals surface area contributed by atoms with Gasteiger partial charge in [0.25, 0.3) is 10.0 Å². The first kappa shape index (κ1) is 15.3. The van der Waals surface area contributed by atoms with Gasteiger partial charge in [0.2, 0.25) is 0 Å². The Morgan fingerprint density at radius 2 is 1.90 bits per heavy atom. The van der Waals surface area contributed by atoms with Gasteiger partial charge in [-0.15, -0.1) is 0 Å². The fraction of sp³-hybridized carbons (Fsp3) is 0.308. The molecule has 0 spiro atoms. The summed E-state index contributed by atoms with van der Waals surface area (Å²) in [4.78, 5) is -0.0458. The summed E-state index contributed by atoms with van der Waals surface area (Å²) in [5, 5.41) is 3.95. The Hall–Kier alpha value is -2.09. The number of rotatable bonds is 5. The zero-order valence-corrected chi connectivity index (χ0v) is 12.6. The SMILES string of the molecule is CCN(c1ccc(F)cc1)S(=O)(=O)c1cn(CC)nc1N. The molecule has 0 aliphatic carbocycles. The Morgan fingerprint density at radius 1 is 1.29 bits per heavy atom. The molecule has 2 aromatic rings. The van der Waals surface area contributed by atoms with Gasteiger partial charge >= 0.3 is 0 Å². The molecule has 8 heteroatoms. The molecular weight excluding hydrogens is 295 g/mol. The second kappa shape index (κ2) is 5.72. The number of nitrogens with two attached hydrogens (primary N) is 1. The van der Waals surface area contributed by atoms with E-state index in [0.717, 1.165) is 0 Å². The first-order valence-electron chi connectivity index (χ1n) is 6.51. The highest BCUT2D eigenvalue weighted by molar-refractivity contribution is 7.93. The van der Waals surface area contributed by atoms with Crippen LogP contribution in [0.15, 0.2) is 35.4 Å². The standard InChI is InChI=1S/C13H17FN4O2S/c1-3-17-9-12(13(15)16-17)21(19,20)18(4-2)11-7-5-10(14)6-8-11/h5-9H,3-4H2,1-2H3,(H2,15,16). The number of aromatic nitrogens is 2. The van der Waals surface area contributed by atoms with Crippen molar-refractivity contribution in [3.63, 3.8) is 0 Å². The molecule has 0 aliphatic rings. The van der Waals surface area contributed by atoms with Crippen LogP contribution in [0.4, 0.5) is 15.9 Å². The third kappa shape index (κ3) is 2.85. The van der Waals surface area contributed by atoms with E-state index < -0.39 is 15.8 Å². The van der Waals surface area contributed by atoms with Gasteiger partial charge in [-0.25, -0.2) is 12.8 Å². The Kier molecular flexibility index (Phi) is 4.17. The van der Waals surface area contributed by atoms with Crippen LogP contribution in [-0.2, 0) is 16.6 Å². The molecule has 2 N–H and O–H groups in total. The van der Waals surface area contributed by atoms with Crippen LogP contribution in [0.25, 0.3) is 0 Å². The fourth-order valence-corrected chi connectivity index (χ4v) is 3.53. The molecule has 0 saturated heterocycles. The van der Waals surface area contributed by atoms with E-state index in [0.29, 0.717) is 12.2 Å². The lowest BCUT2D eigenvalue weighted by Crippen LogP contribution is -2.31. The van der Waals surface area contributed by atoms with Crippen molar-refractivity contribution in [2.75, 3.05) is 16.6 Å². The minimum atomic E-state index is -3.83. The van der Waals surface area contributed by atoms with Crippen LogP contribution in [0, 0.1) is 5.82 Å². The molecule has 0 amide bonds. The molecule has 21 heavy (non-hydrogen) atoms. The van der Waals surface area contributed by atoms with E-state index >= 15 is 0 Å². The Morgan fingerprint density at radius 3 is 2.38 bits per heavy atom. The van der Waals surface area contributed by atoms with E-state index in [1.54, 1.807) is 6.92 Å². The minimum absolute atomic E-state index is 0.0441. The molecule has 0 atom stereocenters. The summed E-state index contributed by atoms with van der Waals surface area (Å²) < 4.78 is 41.0. The molecule has 0 bridgehead atoms. The molecule has 0 fully saturated rings. The molecule has 2 rings (SSSR count). The monoisotopic (exact) mass is 312 g/mol. The number of benzene rings is 1. The van der Waals surface area contributed by atoms with Gasteiger partial charge in [0, 0.05) is 19.3 Å². The molecule has 1 aromatic carbocycles. The molecule has 114 valence electrons. The van der Waals surface area contributed by atoms with E-state index in [2.05, 4.69) is 5.10 Å². The Labute approximate surface area is 123 Å². The van der Waals surface area contributed by atoms with E-state index in [4.69, 9.17) is 5.73 Å². The summed E-state index contributed by atoms with van der Waals surface area (Å²) >= 11 is 0. The van der Waals surface area contributed by atoms with E-state index in [9.17, 15) is 12.8 Å². The molecule has 0 saturated carbocycles. The molecule has 1 aromatic heterocycles. The van der Waals surface area contributed by atoms with E-state index in [1.165, 1.54) is 39.4 Å². The number of anilines is 2. The normalized spacial score (nSPS) is 11.6. The highest BCUT2D eigenvalue weighted by Gasteiger charge is 2.28. The lowest BCUT2D eigenvalue weighted by molar-refractivity contribution is 0.591. The highest BCUT2D eigenvalue weighted by Crippen LogP contribution is 2.26. The van der Waals surface area contributed by atoms with Crippen molar-refractivity contribution in [2.24, 2.45) is 0 Å². The average molecular weight is 312 g/mol. The second-order valence-electron chi connectivity index (χ2n) is 4.38. The summed E-state index contributed by atoms with van der Waals surface area (Å²) in [6.07, 6.45) is 1.40. The molecule has 0 aliphatic heterocycles. The van der Waals surface area contributed by atoms with Crippen molar-refractivity contribution in [2.45, 2.75) is 25.3 Å². The van der Waals surface area contributed by atoms with Gasteiger partial charge in [0.15, 0.2) is 5.82 Å². The lowest BCUT2D eigenvalue weighted by atomic mass is 10.3. The van der Waals surface area contributed by atoms with Crippen LogP contribution in [0.1, 0.15) is 13.8 Å². The summed E-state index contributed by atoms with van der Waals surface area (Å²) in [5.41, 5.74) is 6.08. The topological polar surface area (TPSA) is 81.2 Å². The molecule has 6 nitrogen and oxygen atoms in total. The number of sulfonamides is 1. The number of nitrogens with zero attached hydrogens (tertiary/aromatic N) is 3. The Balaban J connectivity index is 2.49. The average Bonchev–Trinajstić information content (AvgIpc) is 2.83. The van der Waals surface area contributed by atoms with E-state index in [-0.39, 0.29) is 17.3 Å². The van der Waals surface area contributed by atoms with Gasteiger partial charge < -0.3 is 5.73 Å². The first-order chi connectivity index (χ1) is 9.90. The lowest BCUT2D eigenvalue weighted by Gasteiger charge is -2.22. The largest absolute Gasteiger partial charge is 0.381 e. The van der Waals surface area contributed by atoms with E-state index in [1.807, 2.05) is 6.92 Å². The van der Waals surface area contributed by atoms with Gasteiger partial charge in [-0.3, -0.25) is 8.99 Å². The molecule has 1 heterocycles. The van der Waals surface area contributed by atoms with Gasteiger partial charge in [0.1, 0.15) is 10.7 Å². The maximum atomic E-state index is 13.0. The predicted octanol–water partition coefficient (Wildman–Crippen LogP) is 1.84. The van der Waals surface area contributed by atoms with Crippen molar-refractivity contribution in [1.29, 1.82) is 0 Å². The summed E-state index contributed by atoms with van der Waals surface area (Å²) in [7, 11) is -3.83. The summed E-state index contributed by atoms with van der Waals surface area (Å²) in [6.45, 7) is 4.24. The van der Waals surface area contributed by atoms with Gasteiger partial charge in [-0.1, -0.05) is 0 Å². The summed E-state index contributed by atoms with van der Waals surface area (Å²) in [5.74, 6) is -0.470. The number of nitrogen functional groups attached to an aromatic ring is 1. The quantitative estimate of drug-likeness (QED) is 0.913. The minimum Gasteiger partial charge on any atom is -0.381 e. The first-order valence-corrected chi connectivity index (χ1v) is 7.95. The maximum absolute atomic E-state index is 13.0. The molecule has 0 unspecified atom stereocenters. The highest BCUT2D eigenvalue weighted by atomic mass is 32.2. The van der Waals surface area contributed by atoms with Crippen LogP contribution in [0.2, 0.25) is 0 Å². The maximum Gasteiger partial charge on any atom is 0.269 e. The van der Waals surface area contributed by atoms with Crippen molar-refractivity contribution in [3.8, 4) is 0 Å². The van der Waals surface area contributed by atoms with Crippen molar-refractivity contribution in [1.82, 2.24) is 9.78 Å². The predicted molar refractivity (Wildman–Crippen MR) is 78.9 cm³/mol. The zero-order chi connectivity index (χ0) is 15.6. The van der Waals surface area contributed by atoms with Crippen LogP contribution < -0.4 is 10.0 Å². The number of halogens is 1. The van der Waals surface area contributed by atoms with Gasteiger partial charge in [0.05, 0.1) is 5.69 Å². The van der Waals surface area contributed by atoms with Gasteiger partial charge in [-0.2, -0.15) is 5.10 Å². The van der Waals surface area contributed by atoms with Gasteiger partial charge in [-0.05, 0) is 38.1 Å². The number of aryl methyl sites for hydroxylation is 1. The molecule has 0 radical (unpaired) electrons. The fourth-order valence-electron chi connectivity index (χ4n) is 2.00. The Bertz CT molecular complexity index is 725. The third-order valence-electron chi connectivity index (χ3n) is 3.05. The summed E-state index contributed by atoms with van der Waals surface area (Å²) in [6, 6.07) is 5.26. The van der Waals surface area contributed by atoms with Crippen LogP contribution >= 0.6 is 0 Å². The zero-order valence-electron chi connectivity index (χ0n) is 11.8. The third-order valence-corrected chi connectivity index (χ3v) is 4.97. The van der Waals surface area contributed by atoms with Crippen LogP contribution in [0.3, 0.4) is 0 Å². The van der Waals surface area contributed by atoms with Crippen molar-refractivity contribution < 1.29 is 12.8 Å². The van der Waals surface area contributed by atoms with Crippen LogP contribution in [-0.4, -0.2) is 24.7 Å². The number of hydrogen-bond donors (Lipinski definition) is 1. The molecular formula is C13H17FN4O2S. The van der Waals surface area contributed by atoms with Crippen molar-refractivity contribution >= 4 is 21.5 Å². The second-order valence-corrected chi connectivity index (χ2v) is 6.21.